The molecule has 1 heterocycles. The van der Waals surface area contributed by atoms with E-state index in [1.807, 2.05) is 0 Å². The molecule has 0 aromatic rings. The Bertz CT molecular complexity index is 253. The van der Waals surface area contributed by atoms with Crippen LogP contribution in [0.5, 0.6) is 0 Å². The first-order valence-corrected chi connectivity index (χ1v) is 8.00. The van der Waals surface area contributed by atoms with Gasteiger partial charge in [0, 0.05) is 25.7 Å². The van der Waals surface area contributed by atoms with Crippen molar-refractivity contribution in [3.63, 3.8) is 0 Å². The molecule has 3 nitrogen and oxygen atoms in total. The van der Waals surface area contributed by atoms with E-state index in [4.69, 9.17) is 4.74 Å². The zero-order chi connectivity index (χ0) is 12.2. The average molecular weight is 252 g/mol. The summed E-state index contributed by atoms with van der Waals surface area (Å²) in [7, 11) is 0. The van der Waals surface area contributed by atoms with Gasteiger partial charge in [0.15, 0.2) is 0 Å². The van der Waals surface area contributed by atoms with Crippen molar-refractivity contribution in [1.29, 1.82) is 0 Å². The van der Waals surface area contributed by atoms with Gasteiger partial charge in [-0.25, -0.2) is 0 Å². The number of morpholine rings is 1. The van der Waals surface area contributed by atoms with E-state index >= 15 is 0 Å². The Labute approximate surface area is 111 Å². The fourth-order valence-corrected chi connectivity index (χ4v) is 4.03. The van der Waals surface area contributed by atoms with Crippen molar-refractivity contribution in [2.75, 3.05) is 32.8 Å². The molecule has 0 aromatic heterocycles. The predicted molar refractivity (Wildman–Crippen MR) is 73.8 cm³/mol. The number of fused-ring (bicyclic) bond motifs is 1. The molecule has 2 saturated carbocycles. The summed E-state index contributed by atoms with van der Waals surface area (Å²) < 4.78 is 5.86. The zero-order valence-corrected chi connectivity index (χ0v) is 11.6. The number of nitrogens with one attached hydrogen (secondary N) is 1. The van der Waals surface area contributed by atoms with Crippen molar-refractivity contribution >= 4 is 0 Å². The van der Waals surface area contributed by atoms with Crippen molar-refractivity contribution in [2.24, 2.45) is 5.92 Å². The Morgan fingerprint density at radius 3 is 2.83 bits per heavy atom. The Hall–Kier alpha value is -0.120. The Morgan fingerprint density at radius 1 is 1.06 bits per heavy atom. The van der Waals surface area contributed by atoms with Crippen LogP contribution in [0.25, 0.3) is 0 Å². The van der Waals surface area contributed by atoms with Gasteiger partial charge in [-0.3, -0.25) is 4.90 Å². The molecule has 18 heavy (non-hydrogen) atoms. The minimum Gasteiger partial charge on any atom is -0.375 e. The number of rotatable bonds is 5. The summed E-state index contributed by atoms with van der Waals surface area (Å²) in [4.78, 5) is 2.67. The van der Waals surface area contributed by atoms with Gasteiger partial charge in [0.1, 0.15) is 0 Å². The third-order valence-corrected chi connectivity index (χ3v) is 5.08. The molecule has 0 aromatic carbocycles. The first-order chi connectivity index (χ1) is 8.93. The van der Waals surface area contributed by atoms with Gasteiger partial charge in [0.25, 0.3) is 0 Å². The first-order valence-electron chi connectivity index (χ1n) is 8.00. The second kappa shape index (κ2) is 6.36. The smallest absolute Gasteiger partial charge is 0.0730 e. The molecule has 3 aliphatic rings. The van der Waals surface area contributed by atoms with Crippen molar-refractivity contribution in [2.45, 2.75) is 57.1 Å². The largest absolute Gasteiger partial charge is 0.375 e. The molecule has 2 atom stereocenters. The third kappa shape index (κ3) is 3.06. The van der Waals surface area contributed by atoms with E-state index in [-0.39, 0.29) is 0 Å². The molecule has 0 spiro atoms. The fourth-order valence-electron chi connectivity index (χ4n) is 4.03. The summed E-state index contributed by atoms with van der Waals surface area (Å²) in [5.74, 6) is 0.967. The quantitative estimate of drug-likeness (QED) is 0.758. The SMILES string of the molecule is C1CCC(CNCCN2CCOC3CCCC32)C1. The molecule has 0 bridgehead atoms. The lowest BCUT2D eigenvalue weighted by atomic mass is 10.1. The normalized spacial score (nSPS) is 34.0. The van der Waals surface area contributed by atoms with E-state index in [0.717, 1.165) is 25.1 Å². The lowest BCUT2D eigenvalue weighted by Crippen LogP contribution is -2.50. The molecule has 0 amide bonds. The predicted octanol–water partition coefficient (Wildman–Crippen LogP) is 2.02. The lowest BCUT2D eigenvalue weighted by Gasteiger charge is -2.37. The van der Waals surface area contributed by atoms with Crippen LogP contribution in [-0.2, 0) is 4.74 Å². The second-order valence-electron chi connectivity index (χ2n) is 6.30. The summed E-state index contributed by atoms with van der Waals surface area (Å²) in [5, 5.41) is 3.67. The summed E-state index contributed by atoms with van der Waals surface area (Å²) in [5.41, 5.74) is 0. The summed E-state index contributed by atoms with van der Waals surface area (Å²) in [6.07, 6.45) is 10.4. The van der Waals surface area contributed by atoms with Crippen LogP contribution in [0.2, 0.25) is 0 Å². The fraction of sp³-hybridized carbons (Fsp3) is 1.00. The molecule has 3 fully saturated rings. The number of ether oxygens (including phenoxy) is 1. The molecule has 2 unspecified atom stereocenters. The molecule has 1 N–H and O–H groups in total. The molecule has 1 saturated heterocycles. The van der Waals surface area contributed by atoms with Gasteiger partial charge in [0.2, 0.25) is 0 Å². The van der Waals surface area contributed by atoms with Crippen LogP contribution in [0, 0.1) is 5.92 Å². The number of hydrogen-bond acceptors (Lipinski definition) is 3. The van der Waals surface area contributed by atoms with Crippen molar-refractivity contribution in [3.8, 4) is 0 Å². The highest BCUT2D eigenvalue weighted by atomic mass is 16.5. The molecule has 2 aliphatic carbocycles. The van der Waals surface area contributed by atoms with Crippen LogP contribution in [0.4, 0.5) is 0 Å². The molecular formula is C15H28N2O. The highest BCUT2D eigenvalue weighted by Crippen LogP contribution is 2.29. The topological polar surface area (TPSA) is 24.5 Å². The third-order valence-electron chi connectivity index (χ3n) is 5.08. The maximum atomic E-state index is 5.86. The van der Waals surface area contributed by atoms with Gasteiger partial charge in [0.05, 0.1) is 12.7 Å². The maximum absolute atomic E-state index is 5.86. The van der Waals surface area contributed by atoms with E-state index < -0.39 is 0 Å². The minimum atomic E-state index is 0.550. The zero-order valence-electron chi connectivity index (χ0n) is 11.6. The monoisotopic (exact) mass is 252 g/mol. The molecule has 1 aliphatic heterocycles. The van der Waals surface area contributed by atoms with Crippen LogP contribution in [0.3, 0.4) is 0 Å². The second-order valence-corrected chi connectivity index (χ2v) is 6.30. The van der Waals surface area contributed by atoms with E-state index in [9.17, 15) is 0 Å². The molecule has 0 radical (unpaired) electrons. The number of hydrogen-bond donors (Lipinski definition) is 1. The summed E-state index contributed by atoms with van der Waals surface area (Å²) >= 11 is 0. The Balaban J connectivity index is 1.34. The summed E-state index contributed by atoms with van der Waals surface area (Å²) in [6.45, 7) is 5.73. The van der Waals surface area contributed by atoms with Crippen LogP contribution in [-0.4, -0.2) is 49.8 Å². The number of nitrogens with zero attached hydrogens (tertiary/aromatic N) is 1. The Morgan fingerprint density at radius 2 is 1.94 bits per heavy atom. The van der Waals surface area contributed by atoms with E-state index in [0.29, 0.717) is 6.10 Å². The van der Waals surface area contributed by atoms with Crippen molar-refractivity contribution in [3.05, 3.63) is 0 Å². The standard InChI is InChI=1S/C15H28N2O/c1-2-5-13(4-1)12-16-8-9-17-10-11-18-15-7-3-6-14(15)17/h13-16H,1-12H2. The van der Waals surface area contributed by atoms with Gasteiger partial charge in [-0.1, -0.05) is 12.8 Å². The van der Waals surface area contributed by atoms with Crippen molar-refractivity contribution < 1.29 is 4.74 Å². The van der Waals surface area contributed by atoms with E-state index in [1.165, 1.54) is 64.6 Å². The van der Waals surface area contributed by atoms with Gasteiger partial charge in [-0.05, 0) is 44.6 Å². The highest BCUT2D eigenvalue weighted by molar-refractivity contribution is 4.89. The lowest BCUT2D eigenvalue weighted by molar-refractivity contribution is -0.0548. The van der Waals surface area contributed by atoms with Gasteiger partial charge < -0.3 is 10.1 Å². The maximum Gasteiger partial charge on any atom is 0.0730 e. The molecule has 3 rings (SSSR count). The van der Waals surface area contributed by atoms with Crippen molar-refractivity contribution in [1.82, 2.24) is 10.2 Å². The summed E-state index contributed by atoms with van der Waals surface area (Å²) in [6, 6.07) is 0.729. The van der Waals surface area contributed by atoms with Gasteiger partial charge in [-0.15, -0.1) is 0 Å². The minimum absolute atomic E-state index is 0.550. The first kappa shape index (κ1) is 12.9. The molecular weight excluding hydrogens is 224 g/mol. The van der Waals surface area contributed by atoms with Crippen LogP contribution in [0.1, 0.15) is 44.9 Å². The Kier molecular flexibility index (Phi) is 4.55. The van der Waals surface area contributed by atoms with E-state index in [2.05, 4.69) is 10.2 Å². The van der Waals surface area contributed by atoms with E-state index in [1.54, 1.807) is 0 Å². The van der Waals surface area contributed by atoms with Gasteiger partial charge in [-0.2, -0.15) is 0 Å². The molecule has 3 heteroatoms. The average Bonchev–Trinajstić information content (AvgIpc) is 3.05. The van der Waals surface area contributed by atoms with Gasteiger partial charge >= 0.3 is 0 Å². The molecule has 104 valence electrons. The van der Waals surface area contributed by atoms with Crippen LogP contribution >= 0.6 is 0 Å². The van der Waals surface area contributed by atoms with Crippen LogP contribution in [0.15, 0.2) is 0 Å². The van der Waals surface area contributed by atoms with Crippen LogP contribution < -0.4 is 5.32 Å². The highest BCUT2D eigenvalue weighted by Gasteiger charge is 2.35.